The molecule has 0 aromatic rings. The minimum atomic E-state index is -3.63. The van der Waals surface area contributed by atoms with Crippen molar-refractivity contribution in [2.45, 2.75) is 0 Å². The molecule has 0 aliphatic rings. The standard InChI is InChI=1S/Mg.H3O3P.H2O.H3P/c;1-4(2)3;;/h;4H,(H2,1,2,3);1H2;1H3/q+2;;;/p-2. The zero-order chi connectivity index (χ0) is 3.58. The molecule has 7 heavy (non-hydrogen) atoms. The molecular formula is H6MgO4P2. The summed E-state index contributed by atoms with van der Waals surface area (Å²) >= 11 is 0. The van der Waals surface area contributed by atoms with Crippen LogP contribution in [0.1, 0.15) is 0 Å². The normalized spacial score (nSPS) is 5.00. The van der Waals surface area contributed by atoms with E-state index in [0.717, 1.165) is 0 Å². The summed E-state index contributed by atoms with van der Waals surface area (Å²) in [6.07, 6.45) is 0. The molecule has 0 saturated carbocycles. The van der Waals surface area contributed by atoms with E-state index in [-0.39, 0.29) is 38.4 Å². The first-order chi connectivity index (χ1) is 1.73. The van der Waals surface area contributed by atoms with Crippen molar-refractivity contribution in [3.8, 4) is 0 Å². The first-order valence-corrected chi connectivity index (χ1v) is 1.84. The quantitative estimate of drug-likeness (QED) is 0.275. The van der Waals surface area contributed by atoms with Gasteiger partial charge in [-0.2, -0.15) is 9.90 Å². The fourth-order valence-electron chi connectivity index (χ4n) is 0. The first kappa shape index (κ1) is 23.9. The van der Waals surface area contributed by atoms with E-state index >= 15 is 0 Å². The molecule has 0 aliphatic carbocycles. The molecule has 0 aliphatic heterocycles. The molecule has 0 heterocycles. The molecule has 0 rings (SSSR count). The van der Waals surface area contributed by atoms with Gasteiger partial charge in [-0.3, -0.25) is 0 Å². The zero-order valence-electron chi connectivity index (χ0n) is 3.64. The Labute approximate surface area is 61.3 Å². The van der Waals surface area contributed by atoms with Crippen molar-refractivity contribution in [3.05, 3.63) is 0 Å². The fraction of sp³-hybridized carbons (Fsp3) is 0. The SMILES string of the molecule is O.O=[PH]([O-])[O-].P.[Mg+2]. The molecule has 1 unspecified atom stereocenters. The van der Waals surface area contributed by atoms with Crippen LogP contribution in [0.5, 0.6) is 0 Å². The Bertz CT molecular complexity index is 32.7. The maximum atomic E-state index is 8.52. The van der Waals surface area contributed by atoms with Crippen LogP contribution in [0, 0.1) is 0 Å². The van der Waals surface area contributed by atoms with Crippen LogP contribution in [0.3, 0.4) is 0 Å². The third kappa shape index (κ3) is 121. The zero-order valence-corrected chi connectivity index (χ0v) is 7.47. The second-order valence-corrected chi connectivity index (χ2v) is 0.750. The van der Waals surface area contributed by atoms with Gasteiger partial charge >= 0.3 is 23.1 Å². The van der Waals surface area contributed by atoms with Crippen molar-refractivity contribution in [2.75, 3.05) is 0 Å². The Morgan fingerprint density at radius 2 is 1.29 bits per heavy atom. The predicted octanol–water partition coefficient (Wildman–Crippen LogP) is -3.05. The largest absolute Gasteiger partial charge is 2.00 e. The Hall–Kier alpha value is 1.31. The van der Waals surface area contributed by atoms with E-state index in [1.54, 1.807) is 0 Å². The molecule has 0 spiro atoms. The van der Waals surface area contributed by atoms with Crippen LogP contribution >= 0.6 is 18.2 Å². The van der Waals surface area contributed by atoms with E-state index in [1.165, 1.54) is 0 Å². The van der Waals surface area contributed by atoms with Crippen molar-refractivity contribution in [1.29, 1.82) is 0 Å². The minimum Gasteiger partial charge on any atom is -0.813 e. The van der Waals surface area contributed by atoms with Gasteiger partial charge in [-0.05, 0) is 0 Å². The van der Waals surface area contributed by atoms with Gasteiger partial charge in [-0.15, -0.1) is 0 Å². The van der Waals surface area contributed by atoms with Crippen LogP contribution in [0.25, 0.3) is 0 Å². The molecule has 0 aromatic carbocycles. The van der Waals surface area contributed by atoms with Gasteiger partial charge in [0.15, 0.2) is 0 Å². The molecule has 7 heteroatoms. The minimum absolute atomic E-state index is 0. The molecule has 0 bridgehead atoms. The Morgan fingerprint density at radius 3 is 1.29 bits per heavy atom. The van der Waals surface area contributed by atoms with Gasteiger partial charge < -0.3 is 19.8 Å². The van der Waals surface area contributed by atoms with Crippen molar-refractivity contribution in [2.24, 2.45) is 0 Å². The summed E-state index contributed by atoms with van der Waals surface area (Å²) in [5.41, 5.74) is 0. The summed E-state index contributed by atoms with van der Waals surface area (Å²) in [6, 6.07) is 0. The molecule has 0 fully saturated rings. The van der Waals surface area contributed by atoms with E-state index in [9.17, 15) is 0 Å². The van der Waals surface area contributed by atoms with Gasteiger partial charge in [-0.1, -0.05) is 8.25 Å². The third-order valence-electron chi connectivity index (χ3n) is 0. The molecule has 0 saturated heterocycles. The number of hydrogen-bond donors (Lipinski definition) is 0. The molecule has 2 N–H and O–H groups in total. The third-order valence-corrected chi connectivity index (χ3v) is 0. The van der Waals surface area contributed by atoms with E-state index in [4.69, 9.17) is 14.4 Å². The van der Waals surface area contributed by atoms with E-state index in [1.807, 2.05) is 0 Å². The average Bonchev–Trinajstić information content (AvgIpc) is 0.811. The van der Waals surface area contributed by atoms with E-state index in [0.29, 0.717) is 0 Å². The molecule has 1 atom stereocenters. The second kappa shape index (κ2) is 15.7. The molecular weight excluding hydrogens is 150 g/mol. The summed E-state index contributed by atoms with van der Waals surface area (Å²) < 4.78 is 8.52. The average molecular weight is 156 g/mol. The van der Waals surface area contributed by atoms with Gasteiger partial charge in [0, 0.05) is 0 Å². The topological polar surface area (TPSA) is 94.7 Å². The Morgan fingerprint density at radius 1 is 1.29 bits per heavy atom. The van der Waals surface area contributed by atoms with Crippen molar-refractivity contribution >= 4 is 41.2 Å². The summed E-state index contributed by atoms with van der Waals surface area (Å²) in [7, 11) is -3.63. The summed E-state index contributed by atoms with van der Waals surface area (Å²) in [5.74, 6) is 0. The van der Waals surface area contributed by atoms with Crippen LogP contribution in [-0.4, -0.2) is 28.5 Å². The summed E-state index contributed by atoms with van der Waals surface area (Å²) in [6.45, 7) is 0. The van der Waals surface area contributed by atoms with E-state index < -0.39 is 8.25 Å². The Kier molecular flexibility index (Phi) is 53.5. The second-order valence-electron chi connectivity index (χ2n) is 0.250. The van der Waals surface area contributed by atoms with Crippen molar-refractivity contribution in [1.82, 2.24) is 0 Å². The van der Waals surface area contributed by atoms with Crippen LogP contribution in [0.15, 0.2) is 0 Å². The summed E-state index contributed by atoms with van der Waals surface area (Å²) in [5, 5.41) is 0. The van der Waals surface area contributed by atoms with Crippen molar-refractivity contribution < 1.29 is 19.8 Å². The maximum Gasteiger partial charge on any atom is 2.00 e. The van der Waals surface area contributed by atoms with Crippen LogP contribution in [-0.2, 0) is 4.57 Å². The molecule has 4 nitrogen and oxygen atoms in total. The van der Waals surface area contributed by atoms with Gasteiger partial charge in [0.25, 0.3) is 0 Å². The van der Waals surface area contributed by atoms with Crippen molar-refractivity contribution in [3.63, 3.8) is 0 Å². The van der Waals surface area contributed by atoms with E-state index in [2.05, 4.69) is 0 Å². The van der Waals surface area contributed by atoms with Gasteiger partial charge in [-0.25, -0.2) is 0 Å². The monoisotopic (exact) mass is 156 g/mol. The first-order valence-electron chi connectivity index (χ1n) is 0.612. The predicted molar refractivity (Wildman–Crippen MR) is 29.5 cm³/mol. The fourth-order valence-corrected chi connectivity index (χ4v) is 0. The van der Waals surface area contributed by atoms with Gasteiger partial charge in [0.05, 0.1) is 0 Å². The van der Waals surface area contributed by atoms with Crippen LogP contribution < -0.4 is 9.79 Å². The molecule has 0 radical (unpaired) electrons. The van der Waals surface area contributed by atoms with Crippen LogP contribution in [0.2, 0.25) is 0 Å². The number of hydrogen-bond acceptors (Lipinski definition) is 3. The van der Waals surface area contributed by atoms with Crippen LogP contribution in [0.4, 0.5) is 0 Å². The molecule has 0 aromatic heterocycles. The van der Waals surface area contributed by atoms with Gasteiger partial charge in [0.1, 0.15) is 0 Å². The smallest absolute Gasteiger partial charge is 0.813 e. The van der Waals surface area contributed by atoms with Gasteiger partial charge in [0.2, 0.25) is 0 Å². The maximum absolute atomic E-state index is 8.52. The summed E-state index contributed by atoms with van der Waals surface area (Å²) in [4.78, 5) is 17.0. The molecule has 42 valence electrons. The molecule has 0 amide bonds. The number of rotatable bonds is 0. The Balaban J connectivity index is -0.0000000150.